The van der Waals surface area contributed by atoms with Crippen LogP contribution >= 0.6 is 0 Å². The summed E-state index contributed by atoms with van der Waals surface area (Å²) in [4.78, 5) is 19.3. The Hall–Kier alpha value is -3.34. The van der Waals surface area contributed by atoms with E-state index in [9.17, 15) is 4.79 Å². The van der Waals surface area contributed by atoms with E-state index in [0.29, 0.717) is 5.56 Å². The number of allylic oxidation sites excluding steroid dienone is 2. The average molecular weight is 358 g/mol. The lowest BCUT2D eigenvalue weighted by molar-refractivity contribution is 0.0599. The number of benzene rings is 2. The predicted molar refractivity (Wildman–Crippen MR) is 101 cm³/mol. The van der Waals surface area contributed by atoms with Gasteiger partial charge < -0.3 is 14.4 Å². The maximum atomic E-state index is 12.2. The normalized spacial score (nSPS) is 16.2. The van der Waals surface area contributed by atoms with Crippen molar-refractivity contribution in [1.29, 1.82) is 0 Å². The largest absolute Gasteiger partial charge is 0.497 e. The molecule has 0 saturated heterocycles. The van der Waals surface area contributed by atoms with E-state index in [1.54, 1.807) is 13.2 Å². The lowest BCUT2D eigenvalue weighted by atomic mass is 9.97. The molecule has 0 radical (unpaired) electrons. The van der Waals surface area contributed by atoms with Gasteiger partial charge in [-0.3, -0.25) is 0 Å². The van der Waals surface area contributed by atoms with Crippen molar-refractivity contribution in [3.8, 4) is 5.75 Å². The van der Waals surface area contributed by atoms with Gasteiger partial charge in [0.1, 0.15) is 5.75 Å². The fraction of sp³-hybridized carbons (Fsp3) is 0.182. The van der Waals surface area contributed by atoms with Gasteiger partial charge in [-0.1, -0.05) is 12.1 Å². The van der Waals surface area contributed by atoms with Crippen LogP contribution in [0.5, 0.6) is 5.75 Å². The molecule has 2 aromatic rings. The van der Waals surface area contributed by atoms with Crippen molar-refractivity contribution in [2.24, 2.45) is 4.99 Å². The SMILES string of the molecule is COC(=O)c1cccc2c1=CC1=C3N=c4cc(OC)ccc4=C3CCN1C=2. The molecule has 2 aromatic carbocycles. The molecule has 0 saturated carbocycles. The molecule has 27 heavy (non-hydrogen) atoms. The topological polar surface area (TPSA) is 51.1 Å². The zero-order chi connectivity index (χ0) is 18.5. The van der Waals surface area contributed by atoms with Crippen LogP contribution in [0.4, 0.5) is 0 Å². The first kappa shape index (κ1) is 15.9. The molecule has 5 nitrogen and oxygen atoms in total. The molecule has 3 heterocycles. The second-order valence-corrected chi connectivity index (χ2v) is 6.72. The third-order valence-electron chi connectivity index (χ3n) is 5.32. The van der Waals surface area contributed by atoms with Gasteiger partial charge in [0.05, 0.1) is 36.5 Å². The first-order valence-electron chi connectivity index (χ1n) is 8.88. The minimum absolute atomic E-state index is 0.327. The summed E-state index contributed by atoms with van der Waals surface area (Å²) in [5, 5.41) is 4.00. The van der Waals surface area contributed by atoms with Crippen LogP contribution in [-0.2, 0) is 4.74 Å². The van der Waals surface area contributed by atoms with Gasteiger partial charge in [0, 0.05) is 24.0 Å². The third-order valence-corrected chi connectivity index (χ3v) is 5.32. The molecule has 0 unspecified atom stereocenters. The predicted octanol–water partition coefficient (Wildman–Crippen LogP) is 0.415. The molecule has 0 bridgehead atoms. The summed E-state index contributed by atoms with van der Waals surface area (Å²) in [6, 6.07) is 11.7. The quantitative estimate of drug-likeness (QED) is 0.730. The van der Waals surface area contributed by atoms with Crippen molar-refractivity contribution >= 4 is 23.8 Å². The Morgan fingerprint density at radius 2 is 2.07 bits per heavy atom. The summed E-state index contributed by atoms with van der Waals surface area (Å²) < 4.78 is 10.3. The molecule has 0 fully saturated rings. The molecule has 134 valence electrons. The Bertz CT molecular complexity index is 1270. The summed E-state index contributed by atoms with van der Waals surface area (Å²) in [5.41, 5.74) is 3.83. The number of methoxy groups -OCH3 is 2. The molecule has 0 amide bonds. The van der Waals surface area contributed by atoms with E-state index < -0.39 is 0 Å². The fourth-order valence-corrected chi connectivity index (χ4v) is 3.99. The van der Waals surface area contributed by atoms with E-state index in [2.05, 4.69) is 23.2 Å². The third kappa shape index (κ3) is 2.31. The molecule has 0 aliphatic carbocycles. The summed E-state index contributed by atoms with van der Waals surface area (Å²) >= 11 is 0. The second kappa shape index (κ2) is 5.84. The number of ether oxygens (including phenoxy) is 2. The Balaban J connectivity index is 1.80. The van der Waals surface area contributed by atoms with Crippen LogP contribution in [-0.4, -0.2) is 31.6 Å². The van der Waals surface area contributed by atoms with Gasteiger partial charge in [-0.15, -0.1) is 0 Å². The number of rotatable bonds is 2. The van der Waals surface area contributed by atoms with Crippen LogP contribution in [0.25, 0.3) is 17.8 Å². The van der Waals surface area contributed by atoms with Gasteiger partial charge in [0.2, 0.25) is 0 Å². The highest BCUT2D eigenvalue weighted by Crippen LogP contribution is 2.31. The Kier molecular flexibility index (Phi) is 3.44. The maximum absolute atomic E-state index is 12.2. The summed E-state index contributed by atoms with van der Waals surface area (Å²) in [5.74, 6) is 0.476. The van der Waals surface area contributed by atoms with Crippen molar-refractivity contribution in [2.45, 2.75) is 6.42 Å². The van der Waals surface area contributed by atoms with Crippen LogP contribution in [0, 0.1) is 0 Å². The molecule has 3 aliphatic heterocycles. The lowest BCUT2D eigenvalue weighted by Gasteiger charge is -2.30. The van der Waals surface area contributed by atoms with Crippen molar-refractivity contribution in [3.63, 3.8) is 0 Å². The van der Waals surface area contributed by atoms with Crippen LogP contribution < -0.4 is 25.8 Å². The highest BCUT2D eigenvalue weighted by Gasteiger charge is 2.26. The molecule has 0 atom stereocenters. The summed E-state index contributed by atoms with van der Waals surface area (Å²) in [6.45, 7) is 0.882. The van der Waals surface area contributed by atoms with Gasteiger partial charge >= 0.3 is 5.97 Å². The molecule has 0 spiro atoms. The van der Waals surface area contributed by atoms with Crippen LogP contribution in [0.3, 0.4) is 0 Å². The molecule has 5 heteroatoms. The van der Waals surface area contributed by atoms with Crippen molar-refractivity contribution < 1.29 is 14.3 Å². The Labute approximate surface area is 155 Å². The first-order valence-corrected chi connectivity index (χ1v) is 8.88. The standard InChI is InChI=1S/C22H18N2O3/c1-26-14-6-7-15-16-8-9-24-12-13-4-3-5-17(22(25)27-2)18(13)11-20(24)21(16)23-19(15)10-14/h3-7,10-12H,8-9H2,1-2H3. The lowest BCUT2D eigenvalue weighted by Crippen LogP contribution is -2.40. The molecular formula is C22H18N2O3. The smallest absolute Gasteiger partial charge is 0.338 e. The highest BCUT2D eigenvalue weighted by atomic mass is 16.5. The minimum atomic E-state index is -0.327. The van der Waals surface area contributed by atoms with E-state index >= 15 is 0 Å². The van der Waals surface area contributed by atoms with Crippen LogP contribution in [0.2, 0.25) is 0 Å². The maximum Gasteiger partial charge on any atom is 0.338 e. The monoisotopic (exact) mass is 358 g/mol. The zero-order valence-corrected chi connectivity index (χ0v) is 15.2. The minimum Gasteiger partial charge on any atom is -0.497 e. The van der Waals surface area contributed by atoms with Gasteiger partial charge in [-0.05, 0) is 46.7 Å². The summed E-state index contributed by atoms with van der Waals surface area (Å²) in [6.07, 6.45) is 5.08. The molecule has 3 aliphatic rings. The molecule has 0 N–H and O–H groups in total. The zero-order valence-electron chi connectivity index (χ0n) is 15.2. The van der Waals surface area contributed by atoms with E-state index in [0.717, 1.165) is 45.9 Å². The van der Waals surface area contributed by atoms with Gasteiger partial charge in [0.25, 0.3) is 0 Å². The average Bonchev–Trinajstić information content (AvgIpc) is 3.09. The number of nitrogens with zero attached hydrogens (tertiary/aromatic N) is 2. The van der Waals surface area contributed by atoms with Crippen LogP contribution in [0.15, 0.2) is 52.8 Å². The van der Waals surface area contributed by atoms with Crippen molar-refractivity contribution in [3.05, 3.63) is 74.4 Å². The molecule has 5 rings (SSSR count). The highest BCUT2D eigenvalue weighted by molar-refractivity contribution is 5.90. The van der Waals surface area contributed by atoms with E-state index in [1.165, 1.54) is 17.9 Å². The van der Waals surface area contributed by atoms with E-state index in [4.69, 9.17) is 14.5 Å². The van der Waals surface area contributed by atoms with Gasteiger partial charge in [-0.25, -0.2) is 9.79 Å². The Morgan fingerprint density at radius 1 is 1.19 bits per heavy atom. The van der Waals surface area contributed by atoms with E-state index in [1.807, 2.05) is 24.3 Å². The van der Waals surface area contributed by atoms with E-state index in [-0.39, 0.29) is 5.97 Å². The number of esters is 1. The number of carbonyl (C=O) groups is 1. The van der Waals surface area contributed by atoms with Crippen molar-refractivity contribution in [2.75, 3.05) is 20.8 Å². The molecule has 0 aromatic heterocycles. The summed E-state index contributed by atoms with van der Waals surface area (Å²) in [7, 11) is 3.07. The molecular weight excluding hydrogens is 340 g/mol. The Morgan fingerprint density at radius 3 is 2.89 bits per heavy atom. The number of hydrogen-bond acceptors (Lipinski definition) is 5. The number of fused-ring (bicyclic) bond motifs is 4. The van der Waals surface area contributed by atoms with Gasteiger partial charge in [0.15, 0.2) is 0 Å². The number of carbonyl (C=O) groups excluding carboxylic acids is 1. The number of hydrogen-bond donors (Lipinski definition) is 0. The van der Waals surface area contributed by atoms with Crippen LogP contribution in [0.1, 0.15) is 16.8 Å². The fourth-order valence-electron chi connectivity index (χ4n) is 3.99. The first-order chi connectivity index (χ1) is 13.2. The second-order valence-electron chi connectivity index (χ2n) is 6.72. The van der Waals surface area contributed by atoms with Crippen molar-refractivity contribution in [1.82, 2.24) is 4.90 Å². The van der Waals surface area contributed by atoms with Gasteiger partial charge in [-0.2, -0.15) is 0 Å².